The zero-order valence-electron chi connectivity index (χ0n) is 12.7. The molecule has 0 amide bonds. The molecule has 1 fully saturated rings. The molecule has 0 radical (unpaired) electrons. The maximum atomic E-state index is 11.1. The summed E-state index contributed by atoms with van der Waals surface area (Å²) in [5.41, 5.74) is 1.32. The van der Waals surface area contributed by atoms with Gasteiger partial charge in [0.25, 0.3) is 0 Å². The zero-order valence-corrected chi connectivity index (χ0v) is 12.7. The molecule has 4 N–H and O–H groups in total. The number of carboxylic acids is 1. The van der Waals surface area contributed by atoms with Crippen LogP contribution in [0.3, 0.4) is 0 Å². The van der Waals surface area contributed by atoms with Gasteiger partial charge in [-0.1, -0.05) is 12.1 Å². The van der Waals surface area contributed by atoms with Crippen molar-refractivity contribution in [3.63, 3.8) is 0 Å². The fourth-order valence-electron chi connectivity index (χ4n) is 2.64. The quantitative estimate of drug-likeness (QED) is 0.608. The Labute approximate surface area is 136 Å². The van der Waals surface area contributed by atoms with Crippen molar-refractivity contribution >= 4 is 16.9 Å². The highest BCUT2D eigenvalue weighted by molar-refractivity contribution is 5.85. The van der Waals surface area contributed by atoms with Crippen molar-refractivity contribution in [2.45, 2.75) is 37.6 Å². The minimum Gasteiger partial charge on any atom is -0.479 e. The molecule has 24 heavy (non-hydrogen) atoms. The normalized spacial score (nSPS) is 30.2. The number of aromatic nitrogens is 1. The van der Waals surface area contributed by atoms with Crippen LogP contribution in [0.15, 0.2) is 30.3 Å². The zero-order chi connectivity index (χ0) is 17.4. The van der Waals surface area contributed by atoms with E-state index < -0.39 is 36.7 Å². The van der Waals surface area contributed by atoms with Gasteiger partial charge < -0.3 is 29.9 Å². The third-order valence-electron chi connectivity index (χ3n) is 3.86. The van der Waals surface area contributed by atoms with E-state index in [1.54, 1.807) is 31.2 Å². The van der Waals surface area contributed by atoms with E-state index in [9.17, 15) is 20.1 Å². The Kier molecular flexibility index (Phi) is 4.37. The SMILES string of the molecule is Cc1cc(O[C@@H]2OC(C(=O)O)[C@H](O)C(O)C2O)c2ccccc2n1. The Hall–Kier alpha value is -2.26. The lowest BCUT2D eigenvalue weighted by atomic mass is 9.99. The molecule has 1 aromatic heterocycles. The number of ether oxygens (including phenoxy) is 2. The second-order valence-corrected chi connectivity index (χ2v) is 5.63. The maximum absolute atomic E-state index is 11.1. The first-order valence-electron chi connectivity index (χ1n) is 7.34. The predicted molar refractivity (Wildman–Crippen MR) is 81.4 cm³/mol. The molecule has 5 atom stereocenters. The van der Waals surface area contributed by atoms with Crippen LogP contribution >= 0.6 is 0 Å². The first-order valence-corrected chi connectivity index (χ1v) is 7.34. The number of hydrogen-bond acceptors (Lipinski definition) is 7. The number of aliphatic hydroxyl groups is 3. The topological polar surface area (TPSA) is 129 Å². The molecule has 0 bridgehead atoms. The Morgan fingerprint density at radius 2 is 1.88 bits per heavy atom. The van der Waals surface area contributed by atoms with Crippen molar-refractivity contribution in [2.24, 2.45) is 0 Å². The molecule has 3 unspecified atom stereocenters. The summed E-state index contributed by atoms with van der Waals surface area (Å²) in [6.45, 7) is 1.76. The van der Waals surface area contributed by atoms with Gasteiger partial charge in [0, 0.05) is 17.1 Å². The fraction of sp³-hybridized carbons (Fsp3) is 0.375. The van der Waals surface area contributed by atoms with Crippen molar-refractivity contribution in [2.75, 3.05) is 0 Å². The van der Waals surface area contributed by atoms with Crippen molar-refractivity contribution in [1.29, 1.82) is 0 Å². The van der Waals surface area contributed by atoms with Crippen LogP contribution in [0.2, 0.25) is 0 Å². The maximum Gasteiger partial charge on any atom is 0.335 e. The Morgan fingerprint density at radius 1 is 1.17 bits per heavy atom. The molecular formula is C16H17NO7. The highest BCUT2D eigenvalue weighted by atomic mass is 16.7. The number of aryl methyl sites for hydroxylation is 1. The van der Waals surface area contributed by atoms with E-state index in [-0.39, 0.29) is 0 Å². The first kappa shape index (κ1) is 16.6. The number of carboxylic acid groups (broad SMARTS) is 1. The average Bonchev–Trinajstić information content (AvgIpc) is 2.54. The van der Waals surface area contributed by atoms with Crippen LogP contribution in [0.25, 0.3) is 10.9 Å². The largest absolute Gasteiger partial charge is 0.479 e. The number of carbonyl (C=O) groups is 1. The summed E-state index contributed by atoms with van der Waals surface area (Å²) in [5.74, 6) is -1.13. The van der Waals surface area contributed by atoms with Crippen molar-refractivity contribution in [3.8, 4) is 5.75 Å². The number of nitrogens with zero attached hydrogens (tertiary/aromatic N) is 1. The van der Waals surface area contributed by atoms with Crippen LogP contribution in [-0.2, 0) is 9.53 Å². The average molecular weight is 335 g/mol. The van der Waals surface area contributed by atoms with Gasteiger partial charge in [-0.15, -0.1) is 0 Å². The fourth-order valence-corrected chi connectivity index (χ4v) is 2.64. The molecule has 0 aliphatic carbocycles. The number of benzene rings is 1. The number of pyridine rings is 1. The third kappa shape index (κ3) is 2.92. The monoisotopic (exact) mass is 335 g/mol. The van der Waals surface area contributed by atoms with E-state index >= 15 is 0 Å². The van der Waals surface area contributed by atoms with Gasteiger partial charge in [-0.25, -0.2) is 4.79 Å². The van der Waals surface area contributed by atoms with Gasteiger partial charge in [-0.05, 0) is 19.1 Å². The van der Waals surface area contributed by atoms with Crippen LogP contribution in [0.1, 0.15) is 5.69 Å². The molecule has 2 aromatic rings. The molecule has 3 rings (SSSR count). The summed E-state index contributed by atoms with van der Waals surface area (Å²) in [6, 6.07) is 8.75. The molecule has 128 valence electrons. The van der Waals surface area contributed by atoms with Crippen LogP contribution in [-0.4, -0.2) is 62.1 Å². The molecule has 1 aliphatic rings. The molecule has 8 nitrogen and oxygen atoms in total. The summed E-state index contributed by atoms with van der Waals surface area (Å²) >= 11 is 0. The third-order valence-corrected chi connectivity index (χ3v) is 3.86. The van der Waals surface area contributed by atoms with E-state index in [0.717, 1.165) is 0 Å². The van der Waals surface area contributed by atoms with Gasteiger partial charge in [-0.3, -0.25) is 4.98 Å². The van der Waals surface area contributed by atoms with E-state index in [2.05, 4.69) is 4.98 Å². The molecule has 1 saturated heterocycles. The highest BCUT2D eigenvalue weighted by Gasteiger charge is 2.48. The van der Waals surface area contributed by atoms with Gasteiger partial charge >= 0.3 is 5.97 Å². The number of aliphatic hydroxyl groups excluding tert-OH is 3. The summed E-state index contributed by atoms with van der Waals surface area (Å²) in [4.78, 5) is 15.5. The van der Waals surface area contributed by atoms with Gasteiger partial charge in [0.15, 0.2) is 6.10 Å². The Balaban J connectivity index is 1.94. The second kappa shape index (κ2) is 6.33. The number of aliphatic carboxylic acids is 1. The van der Waals surface area contributed by atoms with Crippen molar-refractivity contribution < 1.29 is 34.7 Å². The van der Waals surface area contributed by atoms with Crippen LogP contribution < -0.4 is 4.74 Å². The summed E-state index contributed by atoms with van der Waals surface area (Å²) in [7, 11) is 0. The summed E-state index contributed by atoms with van der Waals surface area (Å²) < 4.78 is 10.7. The van der Waals surface area contributed by atoms with Crippen LogP contribution in [0.5, 0.6) is 5.75 Å². The van der Waals surface area contributed by atoms with Gasteiger partial charge in [-0.2, -0.15) is 0 Å². The van der Waals surface area contributed by atoms with Crippen LogP contribution in [0.4, 0.5) is 0 Å². The number of rotatable bonds is 3. The van der Waals surface area contributed by atoms with Crippen LogP contribution in [0, 0.1) is 6.92 Å². The molecule has 8 heteroatoms. The smallest absolute Gasteiger partial charge is 0.335 e. The number of hydrogen-bond donors (Lipinski definition) is 4. The molecule has 1 aromatic carbocycles. The van der Waals surface area contributed by atoms with E-state index in [4.69, 9.17) is 14.6 Å². The Morgan fingerprint density at radius 3 is 2.58 bits per heavy atom. The molecular weight excluding hydrogens is 318 g/mol. The highest BCUT2D eigenvalue weighted by Crippen LogP contribution is 2.29. The minimum absolute atomic E-state index is 0.329. The van der Waals surface area contributed by atoms with E-state index in [0.29, 0.717) is 22.3 Å². The number of fused-ring (bicyclic) bond motifs is 1. The number of para-hydroxylation sites is 1. The standard InChI is InChI=1S/C16H17NO7/c1-7-6-10(8-4-2-3-5-9(8)17-7)23-16-13(20)11(18)12(19)14(24-16)15(21)22/h2-6,11-14,16,18-20H,1H3,(H,21,22)/t11?,12-,13?,14?,16-/m1/s1. The minimum atomic E-state index is -1.76. The molecule has 2 heterocycles. The van der Waals surface area contributed by atoms with Gasteiger partial charge in [0.05, 0.1) is 5.52 Å². The molecule has 0 spiro atoms. The van der Waals surface area contributed by atoms with Gasteiger partial charge in [0.1, 0.15) is 24.1 Å². The molecule has 1 aliphatic heterocycles. The lowest BCUT2D eigenvalue weighted by molar-refractivity contribution is -0.270. The predicted octanol–water partition coefficient (Wildman–Crippen LogP) is -0.186. The second-order valence-electron chi connectivity index (χ2n) is 5.63. The van der Waals surface area contributed by atoms with Crippen molar-refractivity contribution in [3.05, 3.63) is 36.0 Å². The van der Waals surface area contributed by atoms with E-state index in [1.807, 2.05) is 6.07 Å². The Bertz CT molecular complexity index is 765. The summed E-state index contributed by atoms with van der Waals surface area (Å²) in [5, 5.41) is 39.3. The lowest BCUT2D eigenvalue weighted by Crippen LogP contribution is -2.61. The van der Waals surface area contributed by atoms with Gasteiger partial charge in [0.2, 0.25) is 6.29 Å². The lowest BCUT2D eigenvalue weighted by Gasteiger charge is -2.38. The van der Waals surface area contributed by atoms with E-state index in [1.165, 1.54) is 0 Å². The van der Waals surface area contributed by atoms with Crippen molar-refractivity contribution in [1.82, 2.24) is 4.98 Å². The summed E-state index contributed by atoms with van der Waals surface area (Å²) in [6.07, 6.45) is -8.23. The first-order chi connectivity index (χ1) is 11.4. The molecule has 0 saturated carbocycles.